The summed E-state index contributed by atoms with van der Waals surface area (Å²) in [6.45, 7) is 4.19. The van der Waals surface area contributed by atoms with Crippen LogP contribution in [-0.4, -0.2) is 63.1 Å². The third kappa shape index (κ3) is 6.12. The Morgan fingerprint density at radius 3 is 1.94 bits per heavy atom. The van der Waals surface area contributed by atoms with E-state index in [9.17, 15) is 13.2 Å². The summed E-state index contributed by atoms with van der Waals surface area (Å²) in [5, 5.41) is 0. The standard InChI is InChI=1S/C27H30BrN3O3S/c1-21-19-24(13-14-25(21)28)31(35(2,33)34)20-26(32)29-15-17-30(18-16-29)27(22-9-5-3-6-10-22)23-11-7-4-8-12-23/h3-14,19,27H,15-18,20H2,1-2H3. The van der Waals surface area contributed by atoms with E-state index in [2.05, 4.69) is 69.4 Å². The van der Waals surface area contributed by atoms with Gasteiger partial charge in [-0.15, -0.1) is 0 Å². The van der Waals surface area contributed by atoms with E-state index in [0.717, 1.165) is 16.3 Å². The van der Waals surface area contributed by atoms with Gasteiger partial charge < -0.3 is 4.90 Å². The van der Waals surface area contributed by atoms with Gasteiger partial charge in [0.1, 0.15) is 6.54 Å². The molecular formula is C27H30BrN3O3S. The molecule has 3 aromatic rings. The van der Waals surface area contributed by atoms with Crippen molar-refractivity contribution >= 4 is 37.5 Å². The van der Waals surface area contributed by atoms with Gasteiger partial charge in [0.05, 0.1) is 18.0 Å². The molecule has 4 rings (SSSR count). The zero-order valence-electron chi connectivity index (χ0n) is 20.0. The van der Waals surface area contributed by atoms with E-state index in [4.69, 9.17) is 0 Å². The molecule has 0 aliphatic carbocycles. The van der Waals surface area contributed by atoms with Gasteiger partial charge in [-0.25, -0.2) is 8.42 Å². The molecule has 0 spiro atoms. The number of carbonyl (C=O) groups is 1. The predicted molar refractivity (Wildman–Crippen MR) is 144 cm³/mol. The fourth-order valence-corrected chi connectivity index (χ4v) is 5.61. The highest BCUT2D eigenvalue weighted by Gasteiger charge is 2.30. The normalized spacial score (nSPS) is 14.8. The van der Waals surface area contributed by atoms with Crippen LogP contribution in [0.4, 0.5) is 5.69 Å². The lowest BCUT2D eigenvalue weighted by Crippen LogP contribution is -2.52. The molecule has 1 aliphatic rings. The van der Waals surface area contributed by atoms with Gasteiger partial charge in [0.2, 0.25) is 15.9 Å². The van der Waals surface area contributed by atoms with Crippen molar-refractivity contribution in [2.75, 3.05) is 43.3 Å². The number of anilines is 1. The number of sulfonamides is 1. The number of aryl methyl sites for hydroxylation is 1. The molecule has 1 heterocycles. The Morgan fingerprint density at radius 1 is 0.914 bits per heavy atom. The minimum atomic E-state index is -3.62. The first kappa shape index (κ1) is 25.4. The van der Waals surface area contributed by atoms with E-state index >= 15 is 0 Å². The van der Waals surface area contributed by atoms with Gasteiger partial charge >= 0.3 is 0 Å². The first-order chi connectivity index (χ1) is 16.7. The van der Waals surface area contributed by atoms with E-state index in [1.165, 1.54) is 15.4 Å². The number of rotatable bonds is 7. The van der Waals surface area contributed by atoms with E-state index in [-0.39, 0.29) is 18.5 Å². The minimum Gasteiger partial charge on any atom is -0.339 e. The highest BCUT2D eigenvalue weighted by molar-refractivity contribution is 9.10. The molecule has 0 saturated carbocycles. The van der Waals surface area contributed by atoms with Crippen LogP contribution in [0.5, 0.6) is 0 Å². The molecule has 0 N–H and O–H groups in total. The molecule has 1 fully saturated rings. The van der Waals surface area contributed by atoms with Crippen LogP contribution in [0.1, 0.15) is 22.7 Å². The lowest BCUT2D eigenvalue weighted by atomic mass is 9.96. The van der Waals surface area contributed by atoms with Crippen LogP contribution in [0.2, 0.25) is 0 Å². The summed E-state index contributed by atoms with van der Waals surface area (Å²) in [6, 6.07) is 26.2. The smallest absolute Gasteiger partial charge is 0.243 e. The Hall–Kier alpha value is -2.68. The first-order valence-electron chi connectivity index (χ1n) is 11.6. The van der Waals surface area contributed by atoms with E-state index in [0.29, 0.717) is 31.9 Å². The number of carbonyl (C=O) groups excluding carboxylic acids is 1. The molecule has 0 unspecified atom stereocenters. The van der Waals surface area contributed by atoms with Crippen molar-refractivity contribution < 1.29 is 13.2 Å². The van der Waals surface area contributed by atoms with Gasteiger partial charge in [0.25, 0.3) is 0 Å². The average molecular weight is 557 g/mol. The summed E-state index contributed by atoms with van der Waals surface area (Å²) in [5.41, 5.74) is 3.83. The third-order valence-corrected chi connectivity index (χ3v) is 8.40. The molecule has 1 amide bonds. The van der Waals surface area contributed by atoms with Crippen LogP contribution in [0.3, 0.4) is 0 Å². The number of hydrogen-bond acceptors (Lipinski definition) is 4. The Kier molecular flexibility index (Phi) is 7.94. The molecule has 0 bridgehead atoms. The van der Waals surface area contributed by atoms with Crippen molar-refractivity contribution in [1.29, 1.82) is 0 Å². The second kappa shape index (κ2) is 10.9. The summed E-state index contributed by atoms with van der Waals surface area (Å²) < 4.78 is 27.2. The van der Waals surface area contributed by atoms with Crippen molar-refractivity contribution in [2.24, 2.45) is 0 Å². The second-order valence-electron chi connectivity index (χ2n) is 8.84. The molecule has 35 heavy (non-hydrogen) atoms. The fourth-order valence-electron chi connectivity index (χ4n) is 4.52. The summed E-state index contributed by atoms with van der Waals surface area (Å²) >= 11 is 3.45. The molecule has 0 atom stereocenters. The number of benzene rings is 3. The highest BCUT2D eigenvalue weighted by Crippen LogP contribution is 2.30. The maximum atomic E-state index is 13.2. The van der Waals surface area contributed by atoms with Gasteiger partial charge in [-0.1, -0.05) is 76.6 Å². The van der Waals surface area contributed by atoms with Gasteiger partial charge in [0, 0.05) is 30.7 Å². The van der Waals surface area contributed by atoms with Crippen molar-refractivity contribution in [2.45, 2.75) is 13.0 Å². The predicted octanol–water partition coefficient (Wildman–Crippen LogP) is 4.46. The van der Waals surface area contributed by atoms with Crippen LogP contribution in [0.25, 0.3) is 0 Å². The summed E-state index contributed by atoms with van der Waals surface area (Å²) in [6.07, 6.45) is 1.14. The van der Waals surface area contributed by atoms with Gasteiger partial charge in [-0.05, 0) is 41.8 Å². The zero-order chi connectivity index (χ0) is 25.0. The summed E-state index contributed by atoms with van der Waals surface area (Å²) in [7, 11) is -3.62. The van der Waals surface area contributed by atoms with Crippen LogP contribution in [-0.2, 0) is 14.8 Å². The number of nitrogens with zero attached hydrogens (tertiary/aromatic N) is 3. The van der Waals surface area contributed by atoms with Crippen molar-refractivity contribution in [3.05, 3.63) is 100 Å². The molecule has 0 radical (unpaired) electrons. The topological polar surface area (TPSA) is 60.9 Å². The Labute approximate surface area is 216 Å². The zero-order valence-corrected chi connectivity index (χ0v) is 22.4. The summed E-state index contributed by atoms with van der Waals surface area (Å²) in [5.74, 6) is -0.188. The Morgan fingerprint density at radius 2 is 1.46 bits per heavy atom. The SMILES string of the molecule is Cc1cc(N(CC(=O)N2CCN(C(c3ccccc3)c3ccccc3)CC2)S(C)(=O)=O)ccc1Br. The van der Waals surface area contributed by atoms with Crippen molar-refractivity contribution in [1.82, 2.24) is 9.80 Å². The Balaban J connectivity index is 1.48. The fraction of sp³-hybridized carbons (Fsp3) is 0.296. The van der Waals surface area contributed by atoms with Gasteiger partial charge in [-0.2, -0.15) is 0 Å². The van der Waals surface area contributed by atoms with Crippen LogP contribution in [0, 0.1) is 6.92 Å². The maximum absolute atomic E-state index is 13.2. The lowest BCUT2D eigenvalue weighted by Gasteiger charge is -2.40. The third-order valence-electron chi connectivity index (χ3n) is 6.37. The highest BCUT2D eigenvalue weighted by atomic mass is 79.9. The first-order valence-corrected chi connectivity index (χ1v) is 14.2. The van der Waals surface area contributed by atoms with E-state index in [1.54, 1.807) is 23.1 Å². The van der Waals surface area contributed by atoms with Gasteiger partial charge in [0.15, 0.2) is 0 Å². The molecule has 6 nitrogen and oxygen atoms in total. The number of halogens is 1. The second-order valence-corrected chi connectivity index (χ2v) is 11.6. The molecule has 3 aromatic carbocycles. The molecule has 0 aromatic heterocycles. The van der Waals surface area contributed by atoms with Crippen LogP contribution in [0.15, 0.2) is 83.3 Å². The molecular weight excluding hydrogens is 526 g/mol. The quantitative estimate of drug-likeness (QED) is 0.432. The molecule has 1 aliphatic heterocycles. The van der Waals surface area contributed by atoms with Crippen LogP contribution < -0.4 is 4.31 Å². The Bertz CT molecular complexity index is 1220. The van der Waals surface area contributed by atoms with Crippen LogP contribution >= 0.6 is 15.9 Å². The number of piperazine rings is 1. The molecule has 184 valence electrons. The summed E-state index contributed by atoms with van der Waals surface area (Å²) in [4.78, 5) is 17.3. The van der Waals surface area contributed by atoms with E-state index < -0.39 is 10.0 Å². The van der Waals surface area contributed by atoms with Crippen molar-refractivity contribution in [3.63, 3.8) is 0 Å². The molecule has 1 saturated heterocycles. The average Bonchev–Trinajstić information content (AvgIpc) is 2.85. The monoisotopic (exact) mass is 555 g/mol. The van der Waals surface area contributed by atoms with E-state index in [1.807, 2.05) is 19.1 Å². The molecule has 8 heteroatoms. The van der Waals surface area contributed by atoms with Gasteiger partial charge in [-0.3, -0.25) is 14.0 Å². The lowest BCUT2D eigenvalue weighted by molar-refractivity contribution is -0.131. The minimum absolute atomic E-state index is 0.105. The number of amides is 1. The maximum Gasteiger partial charge on any atom is 0.243 e. The van der Waals surface area contributed by atoms with Crippen molar-refractivity contribution in [3.8, 4) is 0 Å². The number of hydrogen-bond donors (Lipinski definition) is 0. The largest absolute Gasteiger partial charge is 0.339 e.